The minimum Gasteiger partial charge on any atom is -0.392 e. The van der Waals surface area contributed by atoms with Crippen molar-refractivity contribution >= 4 is 0 Å². The smallest absolute Gasteiger partial charge is 0.0853 e. The molecule has 0 fully saturated rings. The Hall–Kier alpha value is -0.930. The Balaban J connectivity index is 0.000000671. The van der Waals surface area contributed by atoms with Crippen molar-refractivity contribution in [1.82, 2.24) is 4.98 Å². The lowest BCUT2D eigenvalue weighted by Crippen LogP contribution is -1.95. The third-order valence-electron chi connectivity index (χ3n) is 1.41. The van der Waals surface area contributed by atoms with E-state index < -0.39 is 0 Å². The lowest BCUT2D eigenvalue weighted by atomic mass is 10.2. The van der Waals surface area contributed by atoms with Crippen LogP contribution in [0.1, 0.15) is 30.8 Å². The van der Waals surface area contributed by atoms with E-state index in [1.807, 2.05) is 20.8 Å². The zero-order valence-corrected chi connectivity index (χ0v) is 8.41. The molecule has 0 spiro atoms. The summed E-state index contributed by atoms with van der Waals surface area (Å²) >= 11 is 0. The maximum Gasteiger partial charge on any atom is 0.0853 e. The highest BCUT2D eigenvalue weighted by Gasteiger charge is 1.96. The van der Waals surface area contributed by atoms with E-state index in [4.69, 9.17) is 10.2 Å². The molecule has 1 heterocycles. The Morgan fingerprint density at radius 3 is 2.23 bits per heavy atom. The lowest BCUT2D eigenvalue weighted by Gasteiger charge is -2.01. The van der Waals surface area contributed by atoms with E-state index in [9.17, 15) is 0 Å². The lowest BCUT2D eigenvalue weighted by molar-refractivity contribution is 0.271. The van der Waals surface area contributed by atoms with Gasteiger partial charge in [0.25, 0.3) is 0 Å². The molecule has 0 aliphatic rings. The van der Waals surface area contributed by atoms with Crippen molar-refractivity contribution in [2.45, 2.75) is 34.0 Å². The molecule has 2 N–H and O–H groups in total. The van der Waals surface area contributed by atoms with E-state index in [0.717, 1.165) is 11.3 Å². The molecule has 0 bridgehead atoms. The molecule has 0 saturated carbocycles. The van der Waals surface area contributed by atoms with Crippen LogP contribution in [0.2, 0.25) is 0 Å². The molecule has 0 unspecified atom stereocenters. The predicted molar refractivity (Wildman–Crippen MR) is 52.2 cm³/mol. The Labute approximate surface area is 79.1 Å². The molecular weight excluding hydrogens is 166 g/mol. The number of aryl methyl sites for hydroxylation is 1. The van der Waals surface area contributed by atoms with Gasteiger partial charge in [0.1, 0.15) is 0 Å². The third-order valence-corrected chi connectivity index (χ3v) is 1.41. The molecule has 0 aliphatic carbocycles. The Kier molecular flexibility index (Phi) is 6.10. The van der Waals surface area contributed by atoms with Gasteiger partial charge in [-0.3, -0.25) is 4.98 Å². The fourth-order valence-corrected chi connectivity index (χ4v) is 0.987. The number of aliphatic hydroxyl groups excluding tert-OH is 2. The molecular formula is C10H17NO2. The molecule has 0 radical (unpaired) electrons. The van der Waals surface area contributed by atoms with Gasteiger partial charge >= 0.3 is 0 Å². The minimum atomic E-state index is -0.0747. The predicted octanol–water partition coefficient (Wildman–Crippen LogP) is 1.40. The molecule has 3 nitrogen and oxygen atoms in total. The average Bonchev–Trinajstić information content (AvgIpc) is 2.20. The van der Waals surface area contributed by atoms with Crippen molar-refractivity contribution < 1.29 is 10.2 Å². The van der Waals surface area contributed by atoms with Crippen LogP contribution in [0, 0.1) is 6.92 Å². The van der Waals surface area contributed by atoms with Gasteiger partial charge in [-0.2, -0.15) is 0 Å². The van der Waals surface area contributed by atoms with Gasteiger partial charge in [-0.15, -0.1) is 0 Å². The van der Waals surface area contributed by atoms with Gasteiger partial charge in [-0.1, -0.05) is 13.8 Å². The first kappa shape index (κ1) is 12.1. The largest absolute Gasteiger partial charge is 0.392 e. The second-order valence-electron chi connectivity index (χ2n) is 2.42. The van der Waals surface area contributed by atoms with Crippen LogP contribution in [0.4, 0.5) is 0 Å². The highest BCUT2D eigenvalue weighted by atomic mass is 16.3. The van der Waals surface area contributed by atoms with Gasteiger partial charge in [-0.25, -0.2) is 0 Å². The Morgan fingerprint density at radius 1 is 1.15 bits per heavy atom. The molecule has 74 valence electrons. The number of aliphatic hydroxyl groups is 2. The molecule has 13 heavy (non-hydrogen) atoms. The van der Waals surface area contributed by atoms with E-state index in [1.54, 1.807) is 12.1 Å². The minimum absolute atomic E-state index is 0.00361. The summed E-state index contributed by atoms with van der Waals surface area (Å²) in [4.78, 5) is 4.04. The molecule has 0 amide bonds. The van der Waals surface area contributed by atoms with Crippen molar-refractivity contribution in [3.05, 3.63) is 29.1 Å². The number of pyridine rings is 1. The second-order valence-corrected chi connectivity index (χ2v) is 2.42. The molecule has 3 heteroatoms. The van der Waals surface area contributed by atoms with Crippen LogP contribution in [-0.4, -0.2) is 15.2 Å². The number of hydrogen-bond acceptors (Lipinski definition) is 3. The average molecular weight is 183 g/mol. The van der Waals surface area contributed by atoms with Gasteiger partial charge in [-0.05, 0) is 24.6 Å². The molecule has 0 aromatic carbocycles. The van der Waals surface area contributed by atoms with E-state index in [-0.39, 0.29) is 13.2 Å². The van der Waals surface area contributed by atoms with Crippen molar-refractivity contribution in [3.8, 4) is 0 Å². The van der Waals surface area contributed by atoms with Crippen LogP contribution in [-0.2, 0) is 13.2 Å². The SMILES string of the molecule is CC.Cc1cc(CO)cc(CO)n1. The standard InChI is InChI=1S/C8H11NO2.C2H6/c1-6-2-7(4-10)3-8(5-11)9-6;1-2/h2-3,10-11H,4-5H2,1H3;1-2H3. The summed E-state index contributed by atoms with van der Waals surface area (Å²) in [7, 11) is 0. The number of aromatic nitrogens is 1. The van der Waals surface area contributed by atoms with Crippen molar-refractivity contribution in [3.63, 3.8) is 0 Å². The first-order chi connectivity index (χ1) is 6.26. The van der Waals surface area contributed by atoms with Gasteiger partial charge in [0.05, 0.1) is 18.9 Å². The highest BCUT2D eigenvalue weighted by molar-refractivity contribution is 5.19. The molecule has 0 aliphatic heterocycles. The van der Waals surface area contributed by atoms with Crippen LogP contribution in [0.25, 0.3) is 0 Å². The van der Waals surface area contributed by atoms with Crippen molar-refractivity contribution in [1.29, 1.82) is 0 Å². The number of hydrogen-bond donors (Lipinski definition) is 2. The summed E-state index contributed by atoms with van der Waals surface area (Å²) in [5, 5.41) is 17.5. The first-order valence-corrected chi connectivity index (χ1v) is 4.44. The fourth-order valence-electron chi connectivity index (χ4n) is 0.987. The van der Waals surface area contributed by atoms with Gasteiger partial charge in [0.2, 0.25) is 0 Å². The number of nitrogens with zero attached hydrogens (tertiary/aromatic N) is 1. The normalized spacial score (nSPS) is 9.00. The van der Waals surface area contributed by atoms with E-state index in [0.29, 0.717) is 5.69 Å². The fraction of sp³-hybridized carbons (Fsp3) is 0.500. The quantitative estimate of drug-likeness (QED) is 0.728. The zero-order valence-electron chi connectivity index (χ0n) is 8.41. The Bertz CT molecular complexity index is 226. The summed E-state index contributed by atoms with van der Waals surface area (Å²) in [6.07, 6.45) is 0. The number of rotatable bonds is 2. The third kappa shape index (κ3) is 4.01. The summed E-state index contributed by atoms with van der Waals surface area (Å²) in [5.74, 6) is 0. The van der Waals surface area contributed by atoms with Crippen LogP contribution in [0.3, 0.4) is 0 Å². The van der Waals surface area contributed by atoms with Gasteiger partial charge in [0.15, 0.2) is 0 Å². The van der Waals surface area contributed by atoms with Gasteiger partial charge in [0, 0.05) is 5.69 Å². The molecule has 1 aromatic rings. The van der Waals surface area contributed by atoms with Crippen molar-refractivity contribution in [2.24, 2.45) is 0 Å². The van der Waals surface area contributed by atoms with Crippen LogP contribution in [0.5, 0.6) is 0 Å². The van der Waals surface area contributed by atoms with E-state index >= 15 is 0 Å². The maximum absolute atomic E-state index is 8.77. The highest BCUT2D eigenvalue weighted by Crippen LogP contribution is 2.05. The van der Waals surface area contributed by atoms with Crippen LogP contribution >= 0.6 is 0 Å². The zero-order chi connectivity index (χ0) is 10.3. The summed E-state index contributed by atoms with van der Waals surface area (Å²) in [6, 6.07) is 3.48. The topological polar surface area (TPSA) is 53.4 Å². The van der Waals surface area contributed by atoms with Crippen LogP contribution < -0.4 is 0 Å². The van der Waals surface area contributed by atoms with Crippen LogP contribution in [0.15, 0.2) is 12.1 Å². The Morgan fingerprint density at radius 2 is 1.77 bits per heavy atom. The molecule has 1 aromatic heterocycles. The summed E-state index contributed by atoms with van der Waals surface area (Å²) < 4.78 is 0. The monoisotopic (exact) mass is 183 g/mol. The summed E-state index contributed by atoms with van der Waals surface area (Å²) in [5.41, 5.74) is 2.22. The molecule has 0 atom stereocenters. The maximum atomic E-state index is 8.77. The summed E-state index contributed by atoms with van der Waals surface area (Å²) in [6.45, 7) is 5.75. The second kappa shape index (κ2) is 6.57. The van der Waals surface area contributed by atoms with E-state index in [2.05, 4.69) is 4.98 Å². The van der Waals surface area contributed by atoms with E-state index in [1.165, 1.54) is 0 Å². The first-order valence-electron chi connectivity index (χ1n) is 4.44. The van der Waals surface area contributed by atoms with Gasteiger partial charge < -0.3 is 10.2 Å². The molecule has 1 rings (SSSR count). The van der Waals surface area contributed by atoms with Crippen molar-refractivity contribution in [2.75, 3.05) is 0 Å². The molecule has 0 saturated heterocycles.